The highest BCUT2D eigenvalue weighted by Gasteiger charge is 2.28. The van der Waals surface area contributed by atoms with Crippen LogP contribution in [0.2, 0.25) is 0 Å². The first-order valence-electron chi connectivity index (χ1n) is 12.4. The Bertz CT molecular complexity index is 1480. The number of ether oxygens (including phenoxy) is 1. The number of para-hydroxylation sites is 1. The maximum absolute atomic E-state index is 11.8. The molecule has 1 atom stereocenters. The number of carbonyl (C=O) groups is 1. The Balaban J connectivity index is 1.29. The number of aliphatic carboxylic acids is 1. The zero-order valence-electron chi connectivity index (χ0n) is 21.2. The maximum atomic E-state index is 11.8. The van der Waals surface area contributed by atoms with Gasteiger partial charge in [-0.3, -0.25) is 0 Å². The van der Waals surface area contributed by atoms with E-state index < -0.39 is 12.0 Å². The van der Waals surface area contributed by atoms with Crippen molar-refractivity contribution in [2.75, 3.05) is 16.9 Å². The van der Waals surface area contributed by atoms with Gasteiger partial charge in [-0.05, 0) is 56.2 Å². The number of carboxylic acid groups (broad SMARTS) is 1. The Morgan fingerprint density at radius 2 is 1.84 bits per heavy atom. The van der Waals surface area contributed by atoms with Gasteiger partial charge in [0.25, 0.3) is 0 Å². The molecule has 3 aromatic carbocycles. The minimum atomic E-state index is -0.828. The predicted octanol–water partition coefficient (Wildman–Crippen LogP) is 4.77. The average Bonchev–Trinajstić information content (AvgIpc) is 3.23. The molecule has 0 aliphatic carbocycles. The molecule has 0 spiro atoms. The topological polar surface area (TPSA) is 83.5 Å². The van der Waals surface area contributed by atoms with Gasteiger partial charge >= 0.3 is 5.97 Å². The maximum Gasteiger partial charge on any atom is 0.326 e. The van der Waals surface area contributed by atoms with Crippen LogP contribution in [0.4, 0.5) is 11.4 Å². The third kappa shape index (κ3) is 5.33. The lowest BCUT2D eigenvalue weighted by Gasteiger charge is -2.32. The molecule has 2 N–H and O–H groups in total. The fourth-order valence-corrected chi connectivity index (χ4v) is 4.95. The molecule has 0 fully saturated rings. The Morgan fingerprint density at radius 3 is 2.63 bits per heavy atom. The highest BCUT2D eigenvalue weighted by atomic mass is 32.1. The molecule has 5 rings (SSSR count). The van der Waals surface area contributed by atoms with E-state index in [0.717, 1.165) is 40.6 Å². The summed E-state index contributed by atoms with van der Waals surface area (Å²) in [6, 6.07) is 24.7. The van der Waals surface area contributed by atoms with Crippen molar-refractivity contribution in [1.82, 2.24) is 9.78 Å². The lowest BCUT2D eigenvalue weighted by Crippen LogP contribution is -2.40. The second-order valence-electron chi connectivity index (χ2n) is 9.20. The Morgan fingerprint density at radius 1 is 1.08 bits per heavy atom. The lowest BCUT2D eigenvalue weighted by molar-refractivity contribution is -0.643. The number of anilines is 2. The number of hydrogen-bond acceptors (Lipinski definition) is 6. The minimum Gasteiger partial charge on any atom is -0.702 e. The van der Waals surface area contributed by atoms with Crippen LogP contribution in [-0.4, -0.2) is 33.6 Å². The molecule has 0 bridgehead atoms. The third-order valence-electron chi connectivity index (χ3n) is 6.54. The molecule has 0 radical (unpaired) electrons. The Labute approximate surface area is 227 Å². The summed E-state index contributed by atoms with van der Waals surface area (Å²) >= 11 is 5.58. The van der Waals surface area contributed by atoms with Crippen LogP contribution in [0.5, 0.6) is 5.75 Å². The van der Waals surface area contributed by atoms with Gasteiger partial charge in [-0.25, -0.2) is 9.36 Å². The first-order valence-corrected chi connectivity index (χ1v) is 12.8. The smallest absolute Gasteiger partial charge is 0.326 e. The van der Waals surface area contributed by atoms with Crippen molar-refractivity contribution in [3.63, 3.8) is 0 Å². The summed E-state index contributed by atoms with van der Waals surface area (Å²) in [6.45, 7) is 4.24. The fraction of sp³-hybridized carbons (Fsp3) is 0.207. The second kappa shape index (κ2) is 10.9. The Kier molecular flexibility index (Phi) is 7.28. The van der Waals surface area contributed by atoms with Gasteiger partial charge in [-0.1, -0.05) is 40.6 Å². The molecule has 194 valence electrons. The van der Waals surface area contributed by atoms with Crippen LogP contribution in [0, 0.1) is 6.92 Å². The van der Waals surface area contributed by atoms with Crippen LogP contribution in [0.1, 0.15) is 25.6 Å². The summed E-state index contributed by atoms with van der Waals surface area (Å²) in [5, 5.41) is 18.0. The molecule has 1 aromatic heterocycles. The van der Waals surface area contributed by atoms with Crippen molar-refractivity contribution in [3.8, 4) is 17.1 Å². The molecule has 1 unspecified atom stereocenters. The summed E-state index contributed by atoms with van der Waals surface area (Å²) in [7, 11) is 0. The summed E-state index contributed by atoms with van der Waals surface area (Å²) in [5.74, 6) is 0.716. The summed E-state index contributed by atoms with van der Waals surface area (Å²) in [4.78, 5) is 13.6. The lowest BCUT2D eigenvalue weighted by atomic mass is 10.0. The number of rotatable bonds is 8. The zero-order valence-corrected chi connectivity index (χ0v) is 22.1. The second-order valence-corrected chi connectivity index (χ2v) is 9.57. The van der Waals surface area contributed by atoms with Crippen LogP contribution >= 0.6 is 0 Å². The van der Waals surface area contributed by atoms with Gasteiger partial charge in [0.1, 0.15) is 23.2 Å². The first kappa shape index (κ1) is 25.3. The van der Waals surface area contributed by atoms with E-state index in [0.29, 0.717) is 17.3 Å². The van der Waals surface area contributed by atoms with Gasteiger partial charge in [0.2, 0.25) is 5.82 Å². The number of nitrogens with one attached hydrogen (secondary N) is 1. The summed E-state index contributed by atoms with van der Waals surface area (Å²) in [6.07, 6.45) is 3.27. The normalized spacial score (nSPS) is 15.2. The van der Waals surface area contributed by atoms with Crippen molar-refractivity contribution in [3.05, 3.63) is 96.5 Å². The number of aromatic nitrogens is 3. The number of allylic oxidation sites excluding steroid dienone is 1. The average molecular weight is 528 g/mol. The van der Waals surface area contributed by atoms with E-state index >= 15 is 0 Å². The van der Waals surface area contributed by atoms with Crippen molar-refractivity contribution in [2.45, 2.75) is 37.9 Å². The molecular weight excluding hydrogens is 498 g/mol. The highest BCUT2D eigenvalue weighted by molar-refractivity contribution is 7.58. The summed E-state index contributed by atoms with van der Waals surface area (Å²) < 4.78 is 9.74. The molecule has 1 aliphatic rings. The quantitative estimate of drug-likeness (QED) is 0.194. The van der Waals surface area contributed by atoms with Gasteiger partial charge in [0.05, 0.1) is 0 Å². The van der Waals surface area contributed by atoms with Gasteiger partial charge in [0.15, 0.2) is 11.9 Å². The van der Waals surface area contributed by atoms with E-state index in [4.69, 9.17) is 17.4 Å². The van der Waals surface area contributed by atoms with Crippen molar-refractivity contribution in [1.29, 1.82) is 0 Å². The molecule has 0 saturated carbocycles. The molecule has 0 amide bonds. The number of nitrogens with zero attached hydrogens (tertiary/aromatic N) is 4. The standard InChI is InChI=1S/C29H29N5O3S/c1-20-14-15-27(28(35)36)32(18-20)24-11-7-13-26(17-24)37-19-30-22-8-6-12-25(16-22)33-21(2)34(31-29(33)38)23-9-4-3-5-10-23/h3-13,16-18,27,30H,14-15,19H2,1-2H3,(H-,31,35,36,38). The molecular formula is C29H29N5O3S. The van der Waals surface area contributed by atoms with Crippen molar-refractivity contribution < 1.29 is 19.2 Å². The van der Waals surface area contributed by atoms with Crippen LogP contribution in [0.3, 0.4) is 0 Å². The van der Waals surface area contributed by atoms with Gasteiger partial charge < -0.3 is 32.7 Å². The monoisotopic (exact) mass is 527 g/mol. The number of carboxylic acids is 1. The first-order chi connectivity index (χ1) is 18.4. The molecule has 8 nitrogen and oxygen atoms in total. The van der Waals surface area contributed by atoms with E-state index in [1.54, 1.807) is 0 Å². The molecule has 1 aliphatic heterocycles. The van der Waals surface area contributed by atoms with Crippen molar-refractivity contribution >= 4 is 30.0 Å². The molecule has 4 aromatic rings. The SMILES string of the molecule is CC1=CN(c2cccc(OCNc3cccc(-[n+]4c([S-])nn(-c5ccccc5)c4C)c3)c2)C(C(=O)O)CC1. The van der Waals surface area contributed by atoms with Gasteiger partial charge in [0, 0.05) is 41.7 Å². The third-order valence-corrected chi connectivity index (χ3v) is 6.80. The van der Waals surface area contributed by atoms with E-state index in [-0.39, 0.29) is 6.73 Å². The molecule has 0 saturated heterocycles. The minimum absolute atomic E-state index is 0.234. The van der Waals surface area contributed by atoms with E-state index in [1.165, 1.54) is 0 Å². The predicted molar refractivity (Wildman–Crippen MR) is 148 cm³/mol. The fourth-order valence-electron chi connectivity index (χ4n) is 4.63. The molecule has 9 heteroatoms. The van der Waals surface area contributed by atoms with Crippen LogP contribution in [0.25, 0.3) is 11.4 Å². The van der Waals surface area contributed by atoms with E-state index in [2.05, 4.69) is 10.4 Å². The zero-order chi connectivity index (χ0) is 26.6. The van der Waals surface area contributed by atoms with Crippen LogP contribution in [0.15, 0.2) is 95.8 Å². The van der Waals surface area contributed by atoms with E-state index in [1.807, 2.05) is 113 Å². The van der Waals surface area contributed by atoms with E-state index in [9.17, 15) is 9.90 Å². The number of hydrogen-bond donors (Lipinski definition) is 2. The Hall–Kier alpha value is -4.37. The van der Waals surface area contributed by atoms with Crippen LogP contribution in [-0.2, 0) is 17.4 Å². The van der Waals surface area contributed by atoms with Crippen molar-refractivity contribution in [2.24, 2.45) is 0 Å². The molecule has 2 heterocycles. The molecule has 38 heavy (non-hydrogen) atoms. The summed E-state index contributed by atoms with van der Waals surface area (Å²) in [5.41, 5.74) is 4.66. The highest BCUT2D eigenvalue weighted by Crippen LogP contribution is 2.29. The largest absolute Gasteiger partial charge is 0.702 e. The van der Waals surface area contributed by atoms with Gasteiger partial charge in [-0.15, -0.1) is 0 Å². The van der Waals surface area contributed by atoms with Gasteiger partial charge in [-0.2, -0.15) is 0 Å². The number of benzene rings is 3. The van der Waals surface area contributed by atoms with Crippen LogP contribution < -0.4 is 19.5 Å².